The Bertz CT molecular complexity index is 1120. The first kappa shape index (κ1) is 18.7. The van der Waals surface area contributed by atoms with Gasteiger partial charge in [-0.15, -0.1) is 0 Å². The van der Waals surface area contributed by atoms with Gasteiger partial charge in [-0.25, -0.2) is 9.97 Å². The lowest BCUT2D eigenvalue weighted by molar-refractivity contribution is 0.332. The number of hydrogen-bond acceptors (Lipinski definition) is 6. The van der Waals surface area contributed by atoms with Crippen LogP contribution in [-0.4, -0.2) is 32.7 Å². The van der Waals surface area contributed by atoms with Crippen molar-refractivity contribution in [2.75, 3.05) is 24.2 Å². The Morgan fingerprint density at radius 3 is 2.62 bits per heavy atom. The molecule has 0 amide bonds. The zero-order valence-corrected chi connectivity index (χ0v) is 16.6. The molecule has 0 atom stereocenters. The lowest BCUT2D eigenvalue weighted by atomic mass is 10.2. The predicted molar refractivity (Wildman–Crippen MR) is 115 cm³/mol. The number of nitrogen functional groups attached to an aromatic ring is 1. The maximum absolute atomic E-state index is 5.93. The summed E-state index contributed by atoms with van der Waals surface area (Å²) in [6.45, 7) is 5.75. The zero-order valence-electron chi connectivity index (χ0n) is 16.6. The normalized spacial score (nSPS) is 11.0. The number of nitrogens with two attached hydrogens (primary N) is 1. The van der Waals surface area contributed by atoms with E-state index < -0.39 is 0 Å². The van der Waals surface area contributed by atoms with Gasteiger partial charge in [0.1, 0.15) is 24.0 Å². The first-order valence-corrected chi connectivity index (χ1v) is 9.57. The Labute approximate surface area is 169 Å². The average molecular weight is 388 g/mol. The van der Waals surface area contributed by atoms with Crippen molar-refractivity contribution in [3.8, 4) is 5.75 Å². The van der Waals surface area contributed by atoms with E-state index in [-0.39, 0.29) is 5.95 Å². The lowest BCUT2D eigenvalue weighted by Gasteiger charge is -2.11. The fraction of sp³-hybridized carbons (Fsp3) is 0.227. The van der Waals surface area contributed by atoms with Gasteiger partial charge in [0.2, 0.25) is 5.95 Å². The minimum absolute atomic E-state index is 0.242. The van der Waals surface area contributed by atoms with Crippen molar-refractivity contribution in [3.05, 3.63) is 71.7 Å². The molecular weight excluding hydrogens is 364 g/mol. The summed E-state index contributed by atoms with van der Waals surface area (Å²) >= 11 is 0. The molecule has 2 aromatic carbocycles. The van der Waals surface area contributed by atoms with Crippen LogP contribution < -0.4 is 15.8 Å². The molecule has 29 heavy (non-hydrogen) atoms. The molecule has 0 aliphatic heterocycles. The van der Waals surface area contributed by atoms with Crippen LogP contribution >= 0.6 is 0 Å². The molecule has 7 nitrogen and oxygen atoms in total. The molecule has 0 saturated carbocycles. The van der Waals surface area contributed by atoms with E-state index in [0.29, 0.717) is 25.5 Å². The van der Waals surface area contributed by atoms with Crippen LogP contribution in [-0.2, 0) is 6.54 Å². The van der Waals surface area contributed by atoms with Crippen LogP contribution in [0.15, 0.2) is 54.6 Å². The van der Waals surface area contributed by atoms with Gasteiger partial charge in [0, 0.05) is 6.07 Å². The summed E-state index contributed by atoms with van der Waals surface area (Å²) in [5.74, 6) is 2.71. The summed E-state index contributed by atoms with van der Waals surface area (Å²) in [7, 11) is 0. The van der Waals surface area contributed by atoms with Gasteiger partial charge in [0.15, 0.2) is 0 Å². The van der Waals surface area contributed by atoms with Gasteiger partial charge in [-0.05, 0) is 38.1 Å². The highest BCUT2D eigenvalue weighted by Gasteiger charge is 2.10. The van der Waals surface area contributed by atoms with E-state index in [1.807, 2.05) is 55.5 Å². The maximum Gasteiger partial charge on any atom is 0.222 e. The molecule has 4 aromatic rings. The third kappa shape index (κ3) is 4.45. The molecule has 148 valence electrons. The number of rotatable bonds is 7. The number of hydrogen-bond donors (Lipinski definition) is 2. The summed E-state index contributed by atoms with van der Waals surface area (Å²) < 4.78 is 7.87. The standard InChI is InChI=1S/C22H24N6O/c1-15-7-9-18(10-8-15)29-12-11-24-21-13-17(26-22(23)27-21)14-28-16(2)25-19-5-3-4-6-20(19)28/h3-10,13H,11-12,14H2,1-2H3,(H3,23,24,26,27). The van der Waals surface area contributed by atoms with Crippen LogP contribution in [0.1, 0.15) is 17.1 Å². The van der Waals surface area contributed by atoms with Crippen molar-refractivity contribution in [1.29, 1.82) is 0 Å². The Morgan fingerprint density at radius 2 is 1.79 bits per heavy atom. The number of anilines is 2. The molecule has 0 saturated heterocycles. The largest absolute Gasteiger partial charge is 0.492 e. The highest BCUT2D eigenvalue weighted by Crippen LogP contribution is 2.18. The number of aryl methyl sites for hydroxylation is 2. The summed E-state index contributed by atoms with van der Waals surface area (Å²) in [4.78, 5) is 13.3. The van der Waals surface area contributed by atoms with Crippen LogP contribution in [0.25, 0.3) is 11.0 Å². The summed E-state index contributed by atoms with van der Waals surface area (Å²) in [6.07, 6.45) is 0. The highest BCUT2D eigenvalue weighted by atomic mass is 16.5. The second-order valence-electron chi connectivity index (χ2n) is 6.92. The van der Waals surface area contributed by atoms with Gasteiger partial charge in [-0.1, -0.05) is 29.8 Å². The number of nitrogens with zero attached hydrogens (tertiary/aromatic N) is 4. The molecule has 2 heterocycles. The van der Waals surface area contributed by atoms with E-state index in [4.69, 9.17) is 10.5 Å². The van der Waals surface area contributed by atoms with Gasteiger partial charge in [0.25, 0.3) is 0 Å². The van der Waals surface area contributed by atoms with Crippen molar-refractivity contribution < 1.29 is 4.74 Å². The smallest absolute Gasteiger partial charge is 0.222 e. The molecule has 0 fully saturated rings. The first-order chi connectivity index (χ1) is 14.1. The average Bonchev–Trinajstić information content (AvgIpc) is 3.02. The maximum atomic E-state index is 5.93. The van der Waals surface area contributed by atoms with Gasteiger partial charge in [-0.3, -0.25) is 0 Å². The van der Waals surface area contributed by atoms with E-state index in [1.54, 1.807) is 0 Å². The Balaban J connectivity index is 1.42. The molecule has 3 N–H and O–H groups in total. The van der Waals surface area contributed by atoms with Crippen molar-refractivity contribution in [2.45, 2.75) is 20.4 Å². The van der Waals surface area contributed by atoms with Gasteiger partial charge >= 0.3 is 0 Å². The number of para-hydroxylation sites is 2. The Morgan fingerprint density at radius 1 is 1.00 bits per heavy atom. The second-order valence-corrected chi connectivity index (χ2v) is 6.92. The fourth-order valence-electron chi connectivity index (χ4n) is 3.23. The molecule has 0 aliphatic carbocycles. The van der Waals surface area contributed by atoms with E-state index >= 15 is 0 Å². The van der Waals surface area contributed by atoms with Crippen molar-refractivity contribution in [3.63, 3.8) is 0 Å². The number of aromatic nitrogens is 4. The fourth-order valence-corrected chi connectivity index (χ4v) is 3.23. The highest BCUT2D eigenvalue weighted by molar-refractivity contribution is 5.75. The minimum atomic E-state index is 0.242. The third-order valence-electron chi connectivity index (χ3n) is 4.66. The van der Waals surface area contributed by atoms with Crippen LogP contribution in [0.3, 0.4) is 0 Å². The molecule has 0 spiro atoms. The SMILES string of the molecule is Cc1ccc(OCCNc2cc(Cn3c(C)nc4ccccc43)nc(N)n2)cc1. The molecule has 0 aliphatic rings. The monoisotopic (exact) mass is 388 g/mol. The Hall–Kier alpha value is -3.61. The lowest BCUT2D eigenvalue weighted by Crippen LogP contribution is -2.14. The summed E-state index contributed by atoms with van der Waals surface area (Å²) in [5.41, 5.74) is 10.0. The van der Waals surface area contributed by atoms with Crippen LogP contribution in [0.5, 0.6) is 5.75 Å². The summed E-state index contributed by atoms with van der Waals surface area (Å²) in [6, 6.07) is 18.0. The topological polar surface area (TPSA) is 90.9 Å². The van der Waals surface area contributed by atoms with Crippen LogP contribution in [0.2, 0.25) is 0 Å². The molecular formula is C22H24N6O. The number of benzene rings is 2. The number of nitrogens with one attached hydrogen (secondary N) is 1. The second kappa shape index (κ2) is 8.18. The number of imidazole rings is 1. The molecule has 7 heteroatoms. The first-order valence-electron chi connectivity index (χ1n) is 9.57. The van der Waals surface area contributed by atoms with Gasteiger partial charge in [-0.2, -0.15) is 4.98 Å². The quantitative estimate of drug-likeness (QED) is 0.471. The minimum Gasteiger partial charge on any atom is -0.492 e. The number of fused-ring (bicyclic) bond motifs is 1. The molecule has 0 radical (unpaired) electrons. The predicted octanol–water partition coefficient (Wildman–Crippen LogP) is 3.56. The van der Waals surface area contributed by atoms with E-state index in [2.05, 4.69) is 37.8 Å². The van der Waals surface area contributed by atoms with E-state index in [9.17, 15) is 0 Å². The molecule has 0 unspecified atom stereocenters. The van der Waals surface area contributed by atoms with Gasteiger partial charge in [0.05, 0.1) is 29.8 Å². The van der Waals surface area contributed by atoms with Crippen LogP contribution in [0.4, 0.5) is 11.8 Å². The van der Waals surface area contributed by atoms with E-state index in [0.717, 1.165) is 28.3 Å². The van der Waals surface area contributed by atoms with Crippen molar-refractivity contribution in [1.82, 2.24) is 19.5 Å². The zero-order chi connectivity index (χ0) is 20.2. The van der Waals surface area contributed by atoms with Crippen molar-refractivity contribution >= 4 is 22.8 Å². The molecule has 0 bridgehead atoms. The molecule has 2 aromatic heterocycles. The van der Waals surface area contributed by atoms with Crippen molar-refractivity contribution in [2.24, 2.45) is 0 Å². The van der Waals surface area contributed by atoms with Gasteiger partial charge < -0.3 is 20.4 Å². The Kier molecular flexibility index (Phi) is 5.29. The van der Waals surface area contributed by atoms with Crippen LogP contribution in [0, 0.1) is 13.8 Å². The third-order valence-corrected chi connectivity index (χ3v) is 4.66. The van der Waals surface area contributed by atoms with E-state index in [1.165, 1.54) is 5.56 Å². The number of ether oxygens (including phenoxy) is 1. The summed E-state index contributed by atoms with van der Waals surface area (Å²) in [5, 5.41) is 3.26. The molecule has 4 rings (SSSR count).